The Kier molecular flexibility index (Phi) is 7.38. The molecule has 0 spiro atoms. The van der Waals surface area contributed by atoms with Gasteiger partial charge in [-0.05, 0) is 48.5 Å². The number of nitrogens with one attached hydrogen (secondary N) is 2. The molecular weight excluding hydrogens is 545 g/mol. The summed E-state index contributed by atoms with van der Waals surface area (Å²) in [5.74, 6) is -0.319. The first-order valence-electron chi connectivity index (χ1n) is 10.8. The third-order valence-electron chi connectivity index (χ3n) is 5.41. The second-order valence-electron chi connectivity index (χ2n) is 7.97. The fraction of sp³-hybridized carbons (Fsp3) is 0.261. The van der Waals surface area contributed by atoms with Gasteiger partial charge in [-0.3, -0.25) is 10.1 Å². The third-order valence-corrected chi connectivity index (χ3v) is 5.94. The van der Waals surface area contributed by atoms with Gasteiger partial charge in [-0.2, -0.15) is 0 Å². The average molecular weight is 567 g/mol. The van der Waals surface area contributed by atoms with E-state index in [0.717, 1.165) is 22.3 Å². The molecule has 1 aromatic heterocycles. The van der Waals surface area contributed by atoms with Crippen molar-refractivity contribution >= 4 is 45.1 Å². The maximum Gasteiger partial charge on any atom is 0.573 e. The molecule has 9 nitrogen and oxygen atoms in total. The van der Waals surface area contributed by atoms with Gasteiger partial charge in [0, 0.05) is 55.3 Å². The van der Waals surface area contributed by atoms with E-state index in [0.29, 0.717) is 26.2 Å². The van der Waals surface area contributed by atoms with Gasteiger partial charge in [0.25, 0.3) is 5.91 Å². The van der Waals surface area contributed by atoms with E-state index in [1.807, 2.05) is 24.3 Å². The number of hydrogen-bond donors (Lipinski definition) is 2. The number of alkyl halides is 3. The summed E-state index contributed by atoms with van der Waals surface area (Å²) in [6.45, 7) is 2.41. The van der Waals surface area contributed by atoms with E-state index in [9.17, 15) is 22.8 Å². The van der Waals surface area contributed by atoms with E-state index in [1.54, 1.807) is 11.9 Å². The van der Waals surface area contributed by atoms with Crippen LogP contribution in [0.15, 0.2) is 59.2 Å². The first-order chi connectivity index (χ1) is 17.1. The minimum atomic E-state index is -4.80. The molecule has 2 aromatic carbocycles. The molecular formula is C23H22BrF3N6O3. The molecule has 3 aromatic rings. The highest BCUT2D eigenvalue weighted by atomic mass is 79.9. The molecule has 0 radical (unpaired) electrons. The minimum absolute atomic E-state index is 0.156. The Morgan fingerprint density at radius 3 is 2.22 bits per heavy atom. The highest BCUT2D eigenvalue weighted by molar-refractivity contribution is 9.10. The lowest BCUT2D eigenvalue weighted by Gasteiger charge is -2.35. The Bertz CT molecular complexity index is 1220. The van der Waals surface area contributed by atoms with Crippen LogP contribution in [0.3, 0.4) is 0 Å². The van der Waals surface area contributed by atoms with E-state index in [4.69, 9.17) is 0 Å². The van der Waals surface area contributed by atoms with Crippen LogP contribution in [0.5, 0.6) is 5.75 Å². The van der Waals surface area contributed by atoms with Crippen LogP contribution in [0, 0.1) is 0 Å². The molecule has 4 rings (SSSR count). The molecule has 2 heterocycles. The summed E-state index contributed by atoms with van der Waals surface area (Å²) < 4.78 is 43.1. The van der Waals surface area contributed by atoms with Crippen molar-refractivity contribution < 1.29 is 27.5 Å². The SMILES string of the molecule is Cn1cc(NC(=O)Nc2ccc(OC(F)(F)F)cc2)nc1C(=O)N1CCN(c2ccc(Br)cc2)CC1. The molecule has 36 heavy (non-hydrogen) atoms. The van der Waals surface area contributed by atoms with Crippen molar-refractivity contribution in [2.45, 2.75) is 6.36 Å². The zero-order chi connectivity index (χ0) is 25.9. The predicted molar refractivity (Wildman–Crippen MR) is 131 cm³/mol. The van der Waals surface area contributed by atoms with Crippen molar-refractivity contribution in [3.8, 4) is 5.75 Å². The number of ether oxygens (including phenoxy) is 1. The van der Waals surface area contributed by atoms with Gasteiger partial charge in [-0.1, -0.05) is 15.9 Å². The molecule has 2 N–H and O–H groups in total. The summed E-state index contributed by atoms with van der Waals surface area (Å²) in [6.07, 6.45) is -3.29. The molecule has 1 aliphatic rings. The summed E-state index contributed by atoms with van der Waals surface area (Å²) in [7, 11) is 1.65. The summed E-state index contributed by atoms with van der Waals surface area (Å²) in [5.41, 5.74) is 1.33. The van der Waals surface area contributed by atoms with Crippen LogP contribution in [0.4, 0.5) is 35.2 Å². The summed E-state index contributed by atoms with van der Waals surface area (Å²) in [5, 5.41) is 5.01. The number of aryl methyl sites for hydroxylation is 1. The number of imidazole rings is 1. The van der Waals surface area contributed by atoms with Gasteiger partial charge in [0.05, 0.1) is 0 Å². The van der Waals surface area contributed by atoms with Crippen molar-refractivity contribution in [3.63, 3.8) is 0 Å². The second kappa shape index (κ2) is 10.5. The Morgan fingerprint density at radius 2 is 1.61 bits per heavy atom. The molecule has 3 amide bonds. The number of aromatic nitrogens is 2. The van der Waals surface area contributed by atoms with Crippen molar-refractivity contribution in [2.75, 3.05) is 41.7 Å². The van der Waals surface area contributed by atoms with Gasteiger partial charge in [-0.25, -0.2) is 9.78 Å². The number of carbonyl (C=O) groups is 2. The van der Waals surface area contributed by atoms with Gasteiger partial charge >= 0.3 is 12.4 Å². The van der Waals surface area contributed by atoms with Crippen molar-refractivity contribution in [3.05, 3.63) is 65.0 Å². The highest BCUT2D eigenvalue weighted by Gasteiger charge is 2.31. The number of urea groups is 1. The molecule has 0 aliphatic carbocycles. The van der Waals surface area contributed by atoms with Crippen LogP contribution >= 0.6 is 15.9 Å². The standard InChI is InChI=1S/C23H22BrF3N6O3/c1-31-14-19(30-22(35)28-16-4-8-18(9-5-16)36-23(25,26)27)29-20(31)21(34)33-12-10-32(11-13-33)17-6-2-15(24)3-7-17/h2-9,14H,10-13H2,1H3,(H2,28,30,35). The fourth-order valence-electron chi connectivity index (χ4n) is 3.70. The van der Waals surface area contributed by atoms with Crippen LogP contribution in [0.1, 0.15) is 10.6 Å². The minimum Gasteiger partial charge on any atom is -0.406 e. The van der Waals surface area contributed by atoms with Gasteiger partial charge in [0.2, 0.25) is 5.82 Å². The zero-order valence-corrected chi connectivity index (χ0v) is 20.6. The fourth-order valence-corrected chi connectivity index (χ4v) is 3.97. The normalized spacial score (nSPS) is 13.9. The van der Waals surface area contributed by atoms with Crippen molar-refractivity contribution in [2.24, 2.45) is 7.05 Å². The largest absolute Gasteiger partial charge is 0.573 e. The zero-order valence-electron chi connectivity index (χ0n) is 19.1. The summed E-state index contributed by atoms with van der Waals surface area (Å²) >= 11 is 3.43. The molecule has 190 valence electrons. The first kappa shape index (κ1) is 25.4. The van der Waals surface area contributed by atoms with Crippen LogP contribution in [0.25, 0.3) is 0 Å². The van der Waals surface area contributed by atoms with Gasteiger partial charge in [0.1, 0.15) is 5.75 Å². The lowest BCUT2D eigenvalue weighted by molar-refractivity contribution is -0.274. The maximum absolute atomic E-state index is 13.0. The molecule has 0 atom stereocenters. The van der Waals surface area contributed by atoms with Crippen LogP contribution in [-0.4, -0.2) is 58.9 Å². The Labute approximate surface area is 213 Å². The summed E-state index contributed by atoms with van der Waals surface area (Å²) in [6, 6.07) is 12.0. The van der Waals surface area contributed by atoms with Gasteiger partial charge in [0.15, 0.2) is 5.82 Å². The Balaban J connectivity index is 1.31. The number of hydrogen-bond acceptors (Lipinski definition) is 5. The number of anilines is 3. The predicted octanol–water partition coefficient (Wildman–Crippen LogP) is 4.69. The Hall–Kier alpha value is -3.74. The molecule has 1 saturated heterocycles. The molecule has 13 heteroatoms. The molecule has 1 aliphatic heterocycles. The lowest BCUT2D eigenvalue weighted by atomic mass is 10.2. The smallest absolute Gasteiger partial charge is 0.406 e. The van der Waals surface area contributed by atoms with E-state index in [2.05, 4.69) is 41.2 Å². The second-order valence-corrected chi connectivity index (χ2v) is 8.88. The average Bonchev–Trinajstić information content (AvgIpc) is 3.19. The van der Waals surface area contributed by atoms with Crippen molar-refractivity contribution in [1.82, 2.24) is 14.5 Å². The number of nitrogens with zero attached hydrogens (tertiary/aromatic N) is 4. The quantitative estimate of drug-likeness (QED) is 0.467. The Morgan fingerprint density at radius 1 is 0.972 bits per heavy atom. The van der Waals surface area contributed by atoms with E-state index < -0.39 is 18.1 Å². The lowest BCUT2D eigenvalue weighted by Crippen LogP contribution is -2.49. The van der Waals surface area contributed by atoms with Crippen molar-refractivity contribution in [1.29, 1.82) is 0 Å². The topological polar surface area (TPSA) is 91.7 Å². The van der Waals surface area contributed by atoms with Gasteiger partial charge < -0.3 is 24.4 Å². The molecule has 0 bridgehead atoms. The third kappa shape index (κ3) is 6.47. The highest BCUT2D eigenvalue weighted by Crippen LogP contribution is 2.24. The molecule has 0 saturated carbocycles. The van der Waals surface area contributed by atoms with Crippen LogP contribution < -0.4 is 20.3 Å². The first-order valence-corrected chi connectivity index (χ1v) is 11.6. The van der Waals surface area contributed by atoms with Gasteiger partial charge in [-0.15, -0.1) is 13.2 Å². The monoisotopic (exact) mass is 566 g/mol. The number of piperazine rings is 1. The number of carbonyl (C=O) groups excluding carboxylic acids is 2. The number of rotatable bonds is 5. The number of halogens is 4. The van der Waals surface area contributed by atoms with Crippen LogP contribution in [-0.2, 0) is 7.05 Å². The number of amides is 3. The molecule has 0 unspecified atom stereocenters. The van der Waals surface area contributed by atoms with E-state index in [1.165, 1.54) is 22.9 Å². The summed E-state index contributed by atoms with van der Waals surface area (Å²) in [4.78, 5) is 33.5. The van der Waals surface area contributed by atoms with Crippen LogP contribution in [0.2, 0.25) is 0 Å². The molecule has 1 fully saturated rings. The number of benzene rings is 2. The van der Waals surface area contributed by atoms with E-state index >= 15 is 0 Å². The van der Waals surface area contributed by atoms with E-state index in [-0.39, 0.29) is 23.2 Å². The maximum atomic E-state index is 13.0.